The topological polar surface area (TPSA) is 38.3 Å². The van der Waals surface area contributed by atoms with Crippen molar-refractivity contribution in [3.63, 3.8) is 0 Å². The van der Waals surface area contributed by atoms with Crippen LogP contribution in [0.1, 0.15) is 25.3 Å². The lowest BCUT2D eigenvalue weighted by molar-refractivity contribution is -0.118. The fourth-order valence-corrected chi connectivity index (χ4v) is 2.13. The van der Waals surface area contributed by atoms with Crippen LogP contribution in [0.4, 0.5) is 10.1 Å². The molecule has 0 radical (unpaired) electrons. The van der Waals surface area contributed by atoms with Gasteiger partial charge >= 0.3 is 0 Å². The Labute approximate surface area is 134 Å². The first-order valence-corrected chi connectivity index (χ1v) is 7.31. The monoisotopic (exact) mass is 321 g/mol. The molecule has 0 unspecified atom stereocenters. The Balaban J connectivity index is 1.94. The largest absolute Gasteiger partial charge is 0.482 e. The predicted octanol–water partition coefficient (Wildman–Crippen LogP) is 4.62. The van der Waals surface area contributed by atoms with Gasteiger partial charge in [-0.2, -0.15) is 0 Å². The zero-order chi connectivity index (χ0) is 16.1. The van der Waals surface area contributed by atoms with Gasteiger partial charge in [0.05, 0.1) is 5.02 Å². The van der Waals surface area contributed by atoms with Gasteiger partial charge in [0.25, 0.3) is 5.91 Å². The van der Waals surface area contributed by atoms with Gasteiger partial charge in [-0.15, -0.1) is 0 Å². The molecule has 0 bridgehead atoms. The van der Waals surface area contributed by atoms with Gasteiger partial charge in [-0.1, -0.05) is 37.6 Å². The highest BCUT2D eigenvalue weighted by Gasteiger charge is 2.08. The Hall–Kier alpha value is -2.07. The molecule has 0 fully saturated rings. The maximum absolute atomic E-state index is 12.9. The van der Waals surface area contributed by atoms with E-state index < -0.39 is 5.82 Å². The summed E-state index contributed by atoms with van der Waals surface area (Å²) < 4.78 is 18.2. The zero-order valence-electron chi connectivity index (χ0n) is 12.4. The van der Waals surface area contributed by atoms with E-state index in [4.69, 9.17) is 16.3 Å². The van der Waals surface area contributed by atoms with Crippen molar-refractivity contribution in [2.45, 2.75) is 19.8 Å². The van der Waals surface area contributed by atoms with Gasteiger partial charge in [0.1, 0.15) is 11.6 Å². The Morgan fingerprint density at radius 2 is 2.05 bits per heavy atom. The SMILES string of the molecule is CC(C)c1cccc(NC(=O)COc2ccc(F)cc2Cl)c1. The number of ether oxygens (including phenoxy) is 1. The second kappa shape index (κ2) is 7.27. The van der Waals surface area contributed by atoms with Crippen LogP contribution in [-0.4, -0.2) is 12.5 Å². The minimum absolute atomic E-state index is 0.134. The van der Waals surface area contributed by atoms with Gasteiger partial charge in [-0.3, -0.25) is 4.79 Å². The Kier molecular flexibility index (Phi) is 5.39. The van der Waals surface area contributed by atoms with Crippen molar-refractivity contribution in [1.29, 1.82) is 0 Å². The van der Waals surface area contributed by atoms with Gasteiger partial charge in [0.15, 0.2) is 6.61 Å². The lowest BCUT2D eigenvalue weighted by atomic mass is 10.0. The van der Waals surface area contributed by atoms with Gasteiger partial charge in [0, 0.05) is 5.69 Å². The molecule has 0 atom stereocenters. The summed E-state index contributed by atoms with van der Waals surface area (Å²) >= 11 is 5.83. The summed E-state index contributed by atoms with van der Waals surface area (Å²) in [5.41, 5.74) is 1.85. The third kappa shape index (κ3) is 4.46. The second-order valence-corrected chi connectivity index (χ2v) is 5.60. The van der Waals surface area contributed by atoms with Crippen LogP contribution in [0.2, 0.25) is 5.02 Å². The highest BCUT2D eigenvalue weighted by molar-refractivity contribution is 6.32. The van der Waals surface area contributed by atoms with Crippen molar-refractivity contribution in [2.24, 2.45) is 0 Å². The minimum atomic E-state index is -0.452. The standard InChI is InChI=1S/C17H17ClFNO2/c1-11(2)12-4-3-5-14(8-12)20-17(21)10-22-16-7-6-13(19)9-15(16)18/h3-9,11H,10H2,1-2H3,(H,20,21). The predicted molar refractivity (Wildman–Crippen MR) is 86.1 cm³/mol. The molecule has 1 amide bonds. The number of nitrogens with one attached hydrogen (secondary N) is 1. The maximum Gasteiger partial charge on any atom is 0.262 e. The molecule has 0 aliphatic heterocycles. The van der Waals surface area contributed by atoms with Crippen molar-refractivity contribution in [2.75, 3.05) is 11.9 Å². The number of carbonyl (C=O) groups is 1. The molecule has 0 aliphatic rings. The first-order chi connectivity index (χ1) is 10.5. The van der Waals surface area contributed by atoms with Crippen LogP contribution in [0.5, 0.6) is 5.75 Å². The Bertz CT molecular complexity index is 673. The molecular weight excluding hydrogens is 305 g/mol. The summed E-state index contributed by atoms with van der Waals surface area (Å²) in [5.74, 6) is -0.103. The Morgan fingerprint density at radius 1 is 1.27 bits per heavy atom. The van der Waals surface area contributed by atoms with Crippen molar-refractivity contribution in [1.82, 2.24) is 0 Å². The molecule has 1 N–H and O–H groups in total. The molecule has 0 spiro atoms. The lowest BCUT2D eigenvalue weighted by Crippen LogP contribution is -2.20. The van der Waals surface area contributed by atoms with E-state index in [2.05, 4.69) is 19.2 Å². The van der Waals surface area contributed by atoms with Crippen LogP contribution in [0.3, 0.4) is 0 Å². The summed E-state index contributed by atoms with van der Waals surface area (Å²) in [5, 5.41) is 2.89. The number of amides is 1. The number of benzene rings is 2. The third-order valence-electron chi connectivity index (χ3n) is 3.09. The number of hydrogen-bond acceptors (Lipinski definition) is 2. The van der Waals surface area contributed by atoms with E-state index in [1.165, 1.54) is 12.1 Å². The average molecular weight is 322 g/mol. The fraction of sp³-hybridized carbons (Fsp3) is 0.235. The average Bonchev–Trinajstić information content (AvgIpc) is 2.46. The van der Waals surface area contributed by atoms with Crippen LogP contribution >= 0.6 is 11.6 Å². The van der Waals surface area contributed by atoms with E-state index >= 15 is 0 Å². The molecule has 2 rings (SSSR count). The number of halogens is 2. The number of carbonyl (C=O) groups excluding carboxylic acids is 1. The molecule has 0 aromatic heterocycles. The third-order valence-corrected chi connectivity index (χ3v) is 3.39. The van der Waals surface area contributed by atoms with E-state index in [0.29, 0.717) is 11.6 Å². The van der Waals surface area contributed by atoms with E-state index in [0.717, 1.165) is 11.6 Å². The van der Waals surface area contributed by atoms with E-state index in [9.17, 15) is 9.18 Å². The number of hydrogen-bond donors (Lipinski definition) is 1. The van der Waals surface area contributed by atoms with Crippen molar-refractivity contribution in [3.05, 3.63) is 58.9 Å². The normalized spacial score (nSPS) is 10.6. The van der Waals surface area contributed by atoms with Crippen LogP contribution < -0.4 is 10.1 Å². The van der Waals surface area contributed by atoms with E-state index in [-0.39, 0.29) is 23.3 Å². The lowest BCUT2D eigenvalue weighted by Gasteiger charge is -2.11. The van der Waals surface area contributed by atoms with Crippen molar-refractivity contribution >= 4 is 23.2 Å². The zero-order valence-corrected chi connectivity index (χ0v) is 13.2. The number of anilines is 1. The molecular formula is C17H17ClFNO2. The minimum Gasteiger partial charge on any atom is -0.482 e. The van der Waals surface area contributed by atoms with Crippen LogP contribution in [-0.2, 0) is 4.79 Å². The maximum atomic E-state index is 12.9. The molecule has 5 heteroatoms. The molecule has 0 aliphatic carbocycles. The molecule has 0 saturated heterocycles. The van der Waals surface area contributed by atoms with Crippen molar-refractivity contribution in [3.8, 4) is 5.75 Å². The first kappa shape index (κ1) is 16.3. The van der Waals surface area contributed by atoms with Crippen LogP contribution in [0.25, 0.3) is 0 Å². The molecule has 116 valence electrons. The van der Waals surface area contributed by atoms with Gasteiger partial charge < -0.3 is 10.1 Å². The summed E-state index contributed by atoms with van der Waals surface area (Å²) in [6.07, 6.45) is 0. The highest BCUT2D eigenvalue weighted by Crippen LogP contribution is 2.25. The quantitative estimate of drug-likeness (QED) is 0.872. The van der Waals surface area contributed by atoms with Crippen LogP contribution in [0.15, 0.2) is 42.5 Å². The Morgan fingerprint density at radius 3 is 2.73 bits per heavy atom. The molecule has 0 saturated carbocycles. The summed E-state index contributed by atoms with van der Waals surface area (Å²) in [6.45, 7) is 3.97. The van der Waals surface area contributed by atoms with Gasteiger partial charge in [0.2, 0.25) is 0 Å². The first-order valence-electron chi connectivity index (χ1n) is 6.93. The van der Waals surface area contributed by atoms with E-state index in [1.54, 1.807) is 0 Å². The summed E-state index contributed by atoms with van der Waals surface area (Å²) in [6, 6.07) is 11.4. The number of rotatable bonds is 5. The van der Waals surface area contributed by atoms with Gasteiger partial charge in [-0.25, -0.2) is 4.39 Å². The molecule has 3 nitrogen and oxygen atoms in total. The van der Waals surface area contributed by atoms with Gasteiger partial charge in [-0.05, 0) is 41.8 Å². The molecule has 0 heterocycles. The molecule has 2 aromatic carbocycles. The smallest absolute Gasteiger partial charge is 0.262 e. The van der Waals surface area contributed by atoms with Crippen LogP contribution in [0, 0.1) is 5.82 Å². The fourth-order valence-electron chi connectivity index (χ4n) is 1.91. The highest BCUT2D eigenvalue weighted by atomic mass is 35.5. The summed E-state index contributed by atoms with van der Waals surface area (Å²) in [7, 11) is 0. The summed E-state index contributed by atoms with van der Waals surface area (Å²) in [4.78, 5) is 11.9. The molecule has 2 aromatic rings. The second-order valence-electron chi connectivity index (χ2n) is 5.19. The molecule has 22 heavy (non-hydrogen) atoms. The van der Waals surface area contributed by atoms with E-state index in [1.807, 2.05) is 24.3 Å². The van der Waals surface area contributed by atoms with Crippen molar-refractivity contribution < 1.29 is 13.9 Å².